The first kappa shape index (κ1) is 14.9. The first-order chi connectivity index (χ1) is 8.69. The van der Waals surface area contributed by atoms with Crippen LogP contribution in [0.15, 0.2) is 0 Å². The quantitative estimate of drug-likeness (QED) is 0.595. The van der Waals surface area contributed by atoms with E-state index in [1.54, 1.807) is 19.1 Å². The van der Waals surface area contributed by atoms with Gasteiger partial charge < -0.3 is 20.3 Å². The van der Waals surface area contributed by atoms with Gasteiger partial charge in [-0.15, -0.1) is 0 Å². The normalized spacial score (nSPS) is 20.0. The summed E-state index contributed by atoms with van der Waals surface area (Å²) in [6.07, 6.45) is 2.22. The van der Waals surface area contributed by atoms with E-state index in [0.29, 0.717) is 26.1 Å². The van der Waals surface area contributed by atoms with Gasteiger partial charge >= 0.3 is 0 Å². The maximum absolute atomic E-state index is 11.9. The van der Waals surface area contributed by atoms with Gasteiger partial charge in [0.25, 0.3) is 0 Å². The Morgan fingerprint density at radius 2 is 2.33 bits per heavy atom. The number of amides is 2. The molecule has 1 heterocycles. The molecule has 1 aliphatic rings. The van der Waals surface area contributed by atoms with E-state index in [1.807, 2.05) is 0 Å². The Morgan fingerprint density at radius 3 is 3.00 bits per heavy atom. The van der Waals surface area contributed by atoms with Crippen LogP contribution in [0.4, 0.5) is 0 Å². The van der Waals surface area contributed by atoms with Crippen LogP contribution in [-0.4, -0.2) is 63.2 Å². The zero-order valence-corrected chi connectivity index (χ0v) is 11.2. The van der Waals surface area contributed by atoms with Crippen molar-refractivity contribution < 1.29 is 14.3 Å². The number of hydrogen-bond donors (Lipinski definition) is 2. The molecule has 2 N–H and O–H groups in total. The van der Waals surface area contributed by atoms with Crippen LogP contribution in [0.1, 0.15) is 19.3 Å². The molecule has 0 aromatic carbocycles. The number of ether oxygens (including phenoxy) is 1. The molecule has 0 spiro atoms. The first-order valence-corrected chi connectivity index (χ1v) is 6.40. The van der Waals surface area contributed by atoms with Gasteiger partial charge in [0, 0.05) is 33.2 Å². The van der Waals surface area contributed by atoms with Gasteiger partial charge in [-0.3, -0.25) is 9.59 Å². The van der Waals surface area contributed by atoms with Crippen molar-refractivity contribution in [1.29, 1.82) is 0 Å². The highest BCUT2D eigenvalue weighted by molar-refractivity contribution is 5.83. The summed E-state index contributed by atoms with van der Waals surface area (Å²) >= 11 is 0. The standard InChI is InChI=1S/C12H23N3O3/c1-13-10-4-3-7-15(12(10)17)8-5-11(16)14-6-9-18-2/h10,13H,3-9H2,1-2H3,(H,14,16). The van der Waals surface area contributed by atoms with Crippen LogP contribution in [0.3, 0.4) is 0 Å². The minimum absolute atomic E-state index is 0.0357. The summed E-state index contributed by atoms with van der Waals surface area (Å²) < 4.78 is 4.84. The number of nitrogens with zero attached hydrogens (tertiary/aromatic N) is 1. The number of carbonyl (C=O) groups is 2. The van der Waals surface area contributed by atoms with Gasteiger partial charge in [0.1, 0.15) is 0 Å². The molecule has 0 saturated carbocycles. The van der Waals surface area contributed by atoms with E-state index in [4.69, 9.17) is 4.74 Å². The van der Waals surface area contributed by atoms with Gasteiger partial charge in [-0.25, -0.2) is 0 Å². The summed E-state index contributed by atoms with van der Waals surface area (Å²) in [5.74, 6) is 0.0693. The lowest BCUT2D eigenvalue weighted by Gasteiger charge is -2.31. The first-order valence-electron chi connectivity index (χ1n) is 6.40. The fraction of sp³-hybridized carbons (Fsp3) is 0.833. The summed E-state index contributed by atoms with van der Waals surface area (Å²) in [7, 11) is 3.39. The molecule has 6 heteroatoms. The van der Waals surface area contributed by atoms with Gasteiger partial charge in [-0.2, -0.15) is 0 Å². The third-order valence-corrected chi connectivity index (χ3v) is 3.12. The number of carbonyl (C=O) groups excluding carboxylic acids is 2. The second kappa shape index (κ2) is 8.05. The van der Waals surface area contributed by atoms with Crippen molar-refractivity contribution in [3.8, 4) is 0 Å². The zero-order valence-electron chi connectivity index (χ0n) is 11.2. The van der Waals surface area contributed by atoms with Gasteiger partial charge in [-0.05, 0) is 19.9 Å². The smallest absolute Gasteiger partial charge is 0.239 e. The molecule has 1 fully saturated rings. The largest absolute Gasteiger partial charge is 0.383 e. The Morgan fingerprint density at radius 1 is 1.56 bits per heavy atom. The maximum atomic E-state index is 11.9. The van der Waals surface area contributed by atoms with Crippen molar-refractivity contribution in [2.24, 2.45) is 0 Å². The molecule has 0 aliphatic carbocycles. The highest BCUT2D eigenvalue weighted by Gasteiger charge is 2.27. The van der Waals surface area contributed by atoms with Crippen molar-refractivity contribution >= 4 is 11.8 Å². The Labute approximate surface area is 108 Å². The van der Waals surface area contributed by atoms with Gasteiger partial charge in [0.2, 0.25) is 11.8 Å². The van der Waals surface area contributed by atoms with E-state index in [1.165, 1.54) is 0 Å². The molecule has 2 amide bonds. The summed E-state index contributed by atoms with van der Waals surface area (Å²) in [6, 6.07) is -0.0877. The lowest BCUT2D eigenvalue weighted by molar-refractivity contribution is -0.136. The lowest BCUT2D eigenvalue weighted by Crippen LogP contribution is -2.50. The van der Waals surface area contributed by atoms with Gasteiger partial charge in [0.05, 0.1) is 12.6 Å². The van der Waals surface area contributed by atoms with Crippen LogP contribution >= 0.6 is 0 Å². The molecule has 0 aromatic heterocycles. The van der Waals surface area contributed by atoms with Crippen LogP contribution in [0.25, 0.3) is 0 Å². The number of likely N-dealkylation sites (tertiary alicyclic amines) is 1. The zero-order chi connectivity index (χ0) is 13.4. The molecule has 0 aromatic rings. The summed E-state index contributed by atoms with van der Waals surface area (Å²) in [4.78, 5) is 25.2. The van der Waals surface area contributed by atoms with Crippen LogP contribution in [-0.2, 0) is 14.3 Å². The van der Waals surface area contributed by atoms with Crippen molar-refractivity contribution in [2.45, 2.75) is 25.3 Å². The van der Waals surface area contributed by atoms with E-state index < -0.39 is 0 Å². The molecule has 1 saturated heterocycles. The summed E-state index contributed by atoms with van der Waals surface area (Å²) in [5, 5.41) is 5.75. The second-order valence-corrected chi connectivity index (χ2v) is 4.40. The number of piperidine rings is 1. The monoisotopic (exact) mass is 257 g/mol. The van der Waals surface area contributed by atoms with Crippen LogP contribution in [0.2, 0.25) is 0 Å². The number of hydrogen-bond acceptors (Lipinski definition) is 4. The number of rotatable bonds is 7. The highest BCUT2D eigenvalue weighted by Crippen LogP contribution is 2.11. The predicted octanol–water partition coefficient (Wildman–Crippen LogP) is -0.650. The average molecular weight is 257 g/mol. The maximum Gasteiger partial charge on any atom is 0.239 e. The van der Waals surface area contributed by atoms with E-state index in [9.17, 15) is 9.59 Å². The Hall–Kier alpha value is -1.14. The Balaban J connectivity index is 2.25. The molecule has 1 unspecified atom stereocenters. The van der Waals surface area contributed by atoms with Crippen molar-refractivity contribution in [1.82, 2.24) is 15.5 Å². The van der Waals surface area contributed by atoms with Crippen molar-refractivity contribution in [2.75, 3.05) is 40.4 Å². The summed E-state index contributed by atoms with van der Waals surface area (Å²) in [5.41, 5.74) is 0. The molecule has 1 rings (SSSR count). The third-order valence-electron chi connectivity index (χ3n) is 3.12. The second-order valence-electron chi connectivity index (χ2n) is 4.40. The number of likely N-dealkylation sites (N-methyl/N-ethyl adjacent to an activating group) is 1. The minimum Gasteiger partial charge on any atom is -0.383 e. The summed E-state index contributed by atoms with van der Waals surface area (Å²) in [6.45, 7) is 2.27. The molecule has 18 heavy (non-hydrogen) atoms. The highest BCUT2D eigenvalue weighted by atomic mass is 16.5. The Bertz CT molecular complexity index is 284. The van der Waals surface area contributed by atoms with Crippen molar-refractivity contribution in [3.05, 3.63) is 0 Å². The fourth-order valence-electron chi connectivity index (χ4n) is 2.05. The SMILES string of the molecule is CNC1CCCN(CCC(=O)NCCOC)C1=O. The topological polar surface area (TPSA) is 70.7 Å². The molecular formula is C12H23N3O3. The van der Waals surface area contributed by atoms with E-state index in [2.05, 4.69) is 10.6 Å². The van der Waals surface area contributed by atoms with Crippen LogP contribution in [0.5, 0.6) is 0 Å². The van der Waals surface area contributed by atoms with E-state index in [-0.39, 0.29) is 17.9 Å². The van der Waals surface area contributed by atoms with Gasteiger partial charge in [-0.1, -0.05) is 0 Å². The third kappa shape index (κ3) is 4.62. The molecular weight excluding hydrogens is 234 g/mol. The Kier molecular flexibility index (Phi) is 6.67. The van der Waals surface area contributed by atoms with E-state index >= 15 is 0 Å². The molecule has 1 aliphatic heterocycles. The van der Waals surface area contributed by atoms with Gasteiger partial charge in [0.15, 0.2) is 0 Å². The number of nitrogens with one attached hydrogen (secondary N) is 2. The predicted molar refractivity (Wildman–Crippen MR) is 68.2 cm³/mol. The van der Waals surface area contributed by atoms with E-state index in [0.717, 1.165) is 19.4 Å². The van der Waals surface area contributed by atoms with Crippen LogP contribution in [0, 0.1) is 0 Å². The minimum atomic E-state index is -0.0877. The average Bonchev–Trinajstić information content (AvgIpc) is 2.38. The molecule has 0 radical (unpaired) electrons. The fourth-order valence-corrected chi connectivity index (χ4v) is 2.05. The van der Waals surface area contributed by atoms with Crippen molar-refractivity contribution in [3.63, 3.8) is 0 Å². The molecule has 104 valence electrons. The molecule has 1 atom stereocenters. The lowest BCUT2D eigenvalue weighted by atomic mass is 10.0. The number of methoxy groups -OCH3 is 1. The van der Waals surface area contributed by atoms with Crippen LogP contribution < -0.4 is 10.6 Å². The molecule has 0 bridgehead atoms. The molecule has 6 nitrogen and oxygen atoms in total.